The third-order valence-electron chi connectivity index (χ3n) is 5.86. The molecule has 2 amide bonds. The molecule has 0 bridgehead atoms. The summed E-state index contributed by atoms with van der Waals surface area (Å²) in [7, 11) is 1.67. The number of aromatic nitrogens is 3. The minimum atomic E-state index is -1.27. The van der Waals surface area contributed by atoms with Crippen LogP contribution >= 0.6 is 34.9 Å². The van der Waals surface area contributed by atoms with Crippen molar-refractivity contribution in [1.82, 2.24) is 20.2 Å². The van der Waals surface area contributed by atoms with Gasteiger partial charge in [-0.05, 0) is 18.7 Å². The molecule has 15 nitrogen and oxygen atoms in total. The van der Waals surface area contributed by atoms with E-state index in [1.54, 1.807) is 25.4 Å². The van der Waals surface area contributed by atoms with E-state index >= 15 is 0 Å². The van der Waals surface area contributed by atoms with E-state index in [2.05, 4.69) is 25.8 Å². The molecule has 9 N–H and O–H groups in total. The van der Waals surface area contributed by atoms with Gasteiger partial charge < -0.3 is 36.9 Å². The van der Waals surface area contributed by atoms with E-state index in [1.165, 1.54) is 21.3 Å². The number of carbonyl (C=O) groups excluding carboxylic acids is 2. The fourth-order valence-electron chi connectivity index (χ4n) is 3.85. The molecule has 0 saturated carbocycles. The van der Waals surface area contributed by atoms with E-state index in [0.29, 0.717) is 11.0 Å². The SMILES string of the molecule is CCON=C(C(=O)NC1C(=O)N2CC(CSc3nc(N)cc(NC)[n+]3N)(C(=O)O)CS[C@H]12)c1csc(N)n1. The third kappa shape index (κ3) is 5.23. The first kappa shape index (κ1) is 27.5. The number of fused-ring (bicyclic) bond motifs is 1. The van der Waals surface area contributed by atoms with Crippen LogP contribution in [0.25, 0.3) is 0 Å². The van der Waals surface area contributed by atoms with Crippen LogP contribution in [0.15, 0.2) is 21.8 Å². The molecule has 2 aromatic heterocycles. The van der Waals surface area contributed by atoms with Crippen LogP contribution in [0.5, 0.6) is 0 Å². The molecule has 0 radical (unpaired) electrons. The summed E-state index contributed by atoms with van der Waals surface area (Å²) >= 11 is 3.55. The van der Waals surface area contributed by atoms with Gasteiger partial charge in [0.05, 0.1) is 6.07 Å². The highest BCUT2D eigenvalue weighted by atomic mass is 32.2. The van der Waals surface area contributed by atoms with Crippen LogP contribution in [0.2, 0.25) is 0 Å². The first-order valence-electron chi connectivity index (χ1n) is 11.3. The van der Waals surface area contributed by atoms with E-state index < -0.39 is 34.6 Å². The average molecular weight is 584 g/mol. The zero-order valence-corrected chi connectivity index (χ0v) is 22.9. The first-order valence-corrected chi connectivity index (χ1v) is 14.2. The van der Waals surface area contributed by atoms with Gasteiger partial charge in [0.1, 0.15) is 29.1 Å². The summed E-state index contributed by atoms with van der Waals surface area (Å²) in [5.41, 5.74) is 10.4. The summed E-state index contributed by atoms with van der Waals surface area (Å²) in [6, 6.07) is 0.703. The Morgan fingerprint density at radius 1 is 1.42 bits per heavy atom. The van der Waals surface area contributed by atoms with Crippen LogP contribution in [0.1, 0.15) is 12.6 Å². The van der Waals surface area contributed by atoms with Crippen LogP contribution in [0.3, 0.4) is 0 Å². The van der Waals surface area contributed by atoms with Gasteiger partial charge in [-0.2, -0.15) is 0 Å². The lowest BCUT2D eigenvalue weighted by atomic mass is 9.89. The van der Waals surface area contributed by atoms with Crippen molar-refractivity contribution in [2.24, 2.45) is 10.6 Å². The average Bonchev–Trinajstić information content (AvgIpc) is 3.33. The van der Waals surface area contributed by atoms with E-state index in [9.17, 15) is 19.5 Å². The Kier molecular flexibility index (Phi) is 8.02. The number of aliphatic carboxylic acids is 1. The molecule has 0 spiro atoms. The second-order valence-electron chi connectivity index (χ2n) is 8.39. The topological polar surface area (TPSA) is 228 Å². The minimum Gasteiger partial charge on any atom is -0.481 e. The standard InChI is InChI=1S/C20H26N10O5S3/c1-3-35-28-12(9-5-36-18(22)25-9)14(31)27-13-15(32)29-6-20(17(33)34,7-37-16(13)29)8-38-19-26-10(21)4-11(24-2)30(19)23/h4-5,13,16H,3,6-8,23H2,1-2H3,(H6,21,22,24,25,27,31,33,34)/p+1/t13?,16-,20?/m1/s1. The van der Waals surface area contributed by atoms with Crippen molar-refractivity contribution in [3.05, 3.63) is 17.1 Å². The lowest BCUT2D eigenvalue weighted by molar-refractivity contribution is -0.667. The van der Waals surface area contributed by atoms with Gasteiger partial charge >= 0.3 is 11.1 Å². The maximum atomic E-state index is 13.0. The maximum absolute atomic E-state index is 13.0. The van der Waals surface area contributed by atoms with E-state index in [4.69, 9.17) is 22.1 Å². The summed E-state index contributed by atoms with van der Waals surface area (Å²) in [6.45, 7) is 1.90. The lowest BCUT2D eigenvalue weighted by Crippen LogP contribution is -2.74. The zero-order valence-electron chi connectivity index (χ0n) is 20.4. The molecule has 204 valence electrons. The molecule has 0 aliphatic carbocycles. The summed E-state index contributed by atoms with van der Waals surface area (Å²) in [5.74, 6) is 5.01. The van der Waals surface area contributed by atoms with Gasteiger partial charge in [0.2, 0.25) is 17.5 Å². The lowest BCUT2D eigenvalue weighted by Gasteiger charge is -2.53. The monoisotopic (exact) mass is 583 g/mol. The van der Waals surface area contributed by atoms with E-state index in [-0.39, 0.29) is 47.0 Å². The Bertz CT molecular complexity index is 1290. The maximum Gasteiger partial charge on any atom is 0.322 e. The van der Waals surface area contributed by atoms with Gasteiger partial charge in [-0.3, -0.25) is 20.2 Å². The highest BCUT2D eigenvalue weighted by Gasteiger charge is 2.57. The molecule has 2 fully saturated rings. The number of rotatable bonds is 10. The number of amides is 2. The van der Waals surface area contributed by atoms with Crippen molar-refractivity contribution in [1.29, 1.82) is 0 Å². The highest BCUT2D eigenvalue weighted by Crippen LogP contribution is 2.44. The molecular formula is C20H27N10O5S3+. The van der Waals surface area contributed by atoms with Crippen LogP contribution < -0.4 is 32.6 Å². The molecule has 3 atom stereocenters. The molecule has 2 aliphatic rings. The fraction of sp³-hybridized carbons (Fsp3) is 0.450. The van der Waals surface area contributed by atoms with Crippen LogP contribution in [-0.4, -0.2) is 86.6 Å². The van der Waals surface area contributed by atoms with Crippen molar-refractivity contribution in [3.8, 4) is 0 Å². The van der Waals surface area contributed by atoms with Crippen molar-refractivity contribution < 1.29 is 29.0 Å². The van der Waals surface area contributed by atoms with E-state index in [1.807, 2.05) is 0 Å². The number of nitrogen functional groups attached to an aromatic ring is 3. The third-order valence-corrected chi connectivity index (χ3v) is 9.36. The number of thiazole rings is 1. The largest absolute Gasteiger partial charge is 0.481 e. The molecule has 18 heteroatoms. The van der Waals surface area contributed by atoms with Gasteiger partial charge in [-0.25, -0.2) is 4.98 Å². The van der Waals surface area contributed by atoms with Gasteiger partial charge in [-0.15, -0.1) is 27.8 Å². The van der Waals surface area contributed by atoms with Crippen LogP contribution in [0, 0.1) is 5.41 Å². The predicted octanol–water partition coefficient (Wildman–Crippen LogP) is -1.25. The van der Waals surface area contributed by atoms with Crippen LogP contribution in [-0.2, 0) is 19.2 Å². The molecule has 38 heavy (non-hydrogen) atoms. The number of β-lactam (4-membered cyclic amide) rings is 1. The Labute approximate surface area is 229 Å². The second-order valence-corrected chi connectivity index (χ2v) is 11.3. The molecule has 2 aliphatic heterocycles. The summed E-state index contributed by atoms with van der Waals surface area (Å²) < 4.78 is 1.28. The molecule has 0 aromatic carbocycles. The summed E-state index contributed by atoms with van der Waals surface area (Å²) in [6.07, 6.45) is 0. The fourth-order valence-corrected chi connectivity index (χ4v) is 7.20. The molecule has 4 rings (SSSR count). The number of carboxylic acids is 1. The first-order chi connectivity index (χ1) is 18.1. The number of hydrogen-bond donors (Lipinski definition) is 6. The number of carbonyl (C=O) groups is 3. The van der Waals surface area contributed by atoms with Crippen molar-refractivity contribution in [2.45, 2.75) is 23.5 Å². The predicted molar refractivity (Wildman–Crippen MR) is 144 cm³/mol. The number of nitrogens with zero attached hydrogens (tertiary/aromatic N) is 5. The number of thioether (sulfide) groups is 2. The van der Waals surface area contributed by atoms with Crippen molar-refractivity contribution in [2.75, 3.05) is 54.3 Å². The smallest absolute Gasteiger partial charge is 0.322 e. The molecule has 2 saturated heterocycles. The second kappa shape index (κ2) is 11.1. The number of nitrogens with one attached hydrogen (secondary N) is 2. The number of hydrogen-bond acceptors (Lipinski definition) is 14. The van der Waals surface area contributed by atoms with Gasteiger partial charge in [0.15, 0.2) is 10.8 Å². The quantitative estimate of drug-likeness (QED) is 0.0366. The normalized spacial score (nSPS) is 22.8. The summed E-state index contributed by atoms with van der Waals surface area (Å²) in [5, 5.41) is 21.3. The van der Waals surface area contributed by atoms with Gasteiger partial charge in [0.25, 0.3) is 5.91 Å². The van der Waals surface area contributed by atoms with Crippen LogP contribution in [0.4, 0.5) is 16.8 Å². The van der Waals surface area contributed by atoms with Gasteiger partial charge in [-0.1, -0.05) is 10.1 Å². The number of anilines is 3. The van der Waals surface area contributed by atoms with E-state index in [0.717, 1.165) is 23.1 Å². The highest BCUT2D eigenvalue weighted by molar-refractivity contribution is 8.00. The van der Waals surface area contributed by atoms with Gasteiger partial charge in [0, 0.05) is 30.5 Å². The molecule has 2 aromatic rings. The molecule has 4 heterocycles. The number of nitrogens with two attached hydrogens (primary N) is 3. The molecular weight excluding hydrogens is 556 g/mol. The number of oxime groups is 1. The minimum absolute atomic E-state index is 0.0352. The summed E-state index contributed by atoms with van der Waals surface area (Å²) in [4.78, 5) is 53.2. The Hall–Kier alpha value is -3.51. The van der Waals surface area contributed by atoms with Crippen molar-refractivity contribution in [3.63, 3.8) is 0 Å². The Morgan fingerprint density at radius 2 is 2.18 bits per heavy atom. The Morgan fingerprint density at radius 3 is 2.82 bits per heavy atom. The zero-order chi connectivity index (χ0) is 27.6. The van der Waals surface area contributed by atoms with Crippen molar-refractivity contribution >= 4 is 75.1 Å². The Balaban J connectivity index is 1.45. The number of carboxylic acid groups (broad SMARTS) is 1. The molecule has 2 unspecified atom stereocenters.